The molecule has 0 amide bonds. The van der Waals surface area contributed by atoms with Crippen LogP contribution in [0.1, 0.15) is 13.3 Å². The van der Waals surface area contributed by atoms with Gasteiger partial charge in [-0.2, -0.15) is 0 Å². The summed E-state index contributed by atoms with van der Waals surface area (Å²) in [6.45, 7) is 1.95. The molecule has 0 saturated carbocycles. The zero-order valence-electron chi connectivity index (χ0n) is 7.51. The van der Waals surface area contributed by atoms with Gasteiger partial charge in [0.1, 0.15) is 9.84 Å². The average Bonchev–Trinajstić information content (AvgIpc) is 1.84. The van der Waals surface area contributed by atoms with E-state index in [9.17, 15) is 12.8 Å². The standard InChI is InChI=1S/C7H16FNO2S/c1-7(6-12(2,10)11)9-5-3-4-8/h7,9H,3-6H2,1-2H3. The summed E-state index contributed by atoms with van der Waals surface area (Å²) >= 11 is 0. The van der Waals surface area contributed by atoms with Crippen LogP contribution in [0.5, 0.6) is 0 Å². The smallest absolute Gasteiger partial charge is 0.148 e. The Balaban J connectivity index is 3.53. The normalized spacial score (nSPS) is 14.6. The number of alkyl halides is 1. The molecule has 0 aromatic rings. The molecule has 0 heterocycles. The monoisotopic (exact) mass is 197 g/mol. The van der Waals surface area contributed by atoms with Gasteiger partial charge in [0, 0.05) is 12.3 Å². The van der Waals surface area contributed by atoms with E-state index < -0.39 is 9.84 Å². The van der Waals surface area contributed by atoms with Gasteiger partial charge in [0.25, 0.3) is 0 Å². The van der Waals surface area contributed by atoms with E-state index in [2.05, 4.69) is 5.32 Å². The quantitative estimate of drug-likeness (QED) is 0.626. The predicted molar refractivity (Wildman–Crippen MR) is 47.8 cm³/mol. The Morgan fingerprint density at radius 3 is 2.50 bits per heavy atom. The molecule has 1 atom stereocenters. The molecule has 5 heteroatoms. The Bertz CT molecular complexity index is 203. The van der Waals surface area contributed by atoms with Crippen molar-refractivity contribution in [2.24, 2.45) is 0 Å². The lowest BCUT2D eigenvalue weighted by molar-refractivity contribution is 0.448. The molecule has 0 fully saturated rings. The summed E-state index contributed by atoms with van der Waals surface area (Å²) in [5.74, 6) is 0.110. The van der Waals surface area contributed by atoms with Gasteiger partial charge in [-0.05, 0) is 19.9 Å². The molecule has 0 rings (SSSR count). The second-order valence-electron chi connectivity index (χ2n) is 2.99. The molecule has 0 saturated heterocycles. The molecule has 0 bridgehead atoms. The fourth-order valence-electron chi connectivity index (χ4n) is 0.928. The van der Waals surface area contributed by atoms with Crippen molar-refractivity contribution < 1.29 is 12.8 Å². The summed E-state index contributed by atoms with van der Waals surface area (Å²) in [6.07, 6.45) is 1.63. The second kappa shape index (κ2) is 5.48. The third-order valence-corrected chi connectivity index (χ3v) is 2.46. The largest absolute Gasteiger partial charge is 0.313 e. The van der Waals surface area contributed by atoms with Crippen molar-refractivity contribution in [2.75, 3.05) is 25.2 Å². The highest BCUT2D eigenvalue weighted by atomic mass is 32.2. The summed E-state index contributed by atoms with van der Waals surface area (Å²) in [6, 6.07) is -0.0912. The van der Waals surface area contributed by atoms with Gasteiger partial charge in [-0.25, -0.2) is 8.42 Å². The highest BCUT2D eigenvalue weighted by molar-refractivity contribution is 7.90. The molecule has 0 aliphatic heterocycles. The van der Waals surface area contributed by atoms with Gasteiger partial charge in [0.2, 0.25) is 0 Å². The first kappa shape index (κ1) is 11.8. The highest BCUT2D eigenvalue weighted by Crippen LogP contribution is 1.90. The van der Waals surface area contributed by atoms with E-state index in [0.717, 1.165) is 0 Å². The molecule has 0 aliphatic rings. The summed E-state index contributed by atoms with van der Waals surface area (Å²) in [5, 5.41) is 2.92. The fourth-order valence-corrected chi connectivity index (χ4v) is 1.95. The van der Waals surface area contributed by atoms with Crippen LogP contribution in [0, 0.1) is 0 Å². The lowest BCUT2D eigenvalue weighted by Crippen LogP contribution is -2.33. The van der Waals surface area contributed by atoms with Gasteiger partial charge in [-0.3, -0.25) is 4.39 Å². The second-order valence-corrected chi connectivity index (χ2v) is 5.17. The minimum absolute atomic E-state index is 0.0912. The van der Waals surface area contributed by atoms with Crippen molar-refractivity contribution in [1.82, 2.24) is 5.32 Å². The van der Waals surface area contributed by atoms with Crippen molar-refractivity contribution >= 4 is 9.84 Å². The zero-order valence-corrected chi connectivity index (χ0v) is 8.32. The predicted octanol–water partition coefficient (Wildman–Crippen LogP) is 0.369. The third kappa shape index (κ3) is 7.94. The van der Waals surface area contributed by atoms with Gasteiger partial charge < -0.3 is 5.32 Å². The Morgan fingerprint density at radius 2 is 2.08 bits per heavy atom. The minimum Gasteiger partial charge on any atom is -0.313 e. The van der Waals surface area contributed by atoms with Crippen LogP contribution in [-0.2, 0) is 9.84 Å². The van der Waals surface area contributed by atoms with Crippen LogP contribution in [0.3, 0.4) is 0 Å². The van der Waals surface area contributed by atoms with Gasteiger partial charge in [0.15, 0.2) is 0 Å². The van der Waals surface area contributed by atoms with Crippen LogP contribution in [-0.4, -0.2) is 39.7 Å². The lowest BCUT2D eigenvalue weighted by Gasteiger charge is -2.11. The molecule has 74 valence electrons. The maximum Gasteiger partial charge on any atom is 0.148 e. The molecular weight excluding hydrogens is 181 g/mol. The topological polar surface area (TPSA) is 46.2 Å². The Labute approximate surface area is 73.3 Å². The molecule has 0 aromatic heterocycles. The van der Waals surface area contributed by atoms with E-state index >= 15 is 0 Å². The van der Waals surface area contributed by atoms with Crippen molar-refractivity contribution in [1.29, 1.82) is 0 Å². The number of halogens is 1. The molecule has 3 nitrogen and oxygen atoms in total. The third-order valence-electron chi connectivity index (χ3n) is 1.36. The number of sulfone groups is 1. The molecule has 12 heavy (non-hydrogen) atoms. The van der Waals surface area contributed by atoms with E-state index in [4.69, 9.17) is 0 Å². The first-order valence-corrected chi connectivity index (χ1v) is 5.99. The van der Waals surface area contributed by atoms with Crippen LogP contribution in [0.2, 0.25) is 0 Å². The fraction of sp³-hybridized carbons (Fsp3) is 1.00. The first-order valence-electron chi connectivity index (χ1n) is 3.93. The zero-order chi connectivity index (χ0) is 9.61. The molecule has 1 unspecified atom stereocenters. The molecule has 0 aliphatic carbocycles. The number of hydrogen-bond donors (Lipinski definition) is 1. The number of rotatable bonds is 6. The van der Waals surface area contributed by atoms with Crippen molar-refractivity contribution in [3.8, 4) is 0 Å². The van der Waals surface area contributed by atoms with Gasteiger partial charge in [0.05, 0.1) is 12.4 Å². The van der Waals surface area contributed by atoms with Crippen molar-refractivity contribution in [3.63, 3.8) is 0 Å². The average molecular weight is 197 g/mol. The van der Waals surface area contributed by atoms with Crippen LogP contribution in [0.25, 0.3) is 0 Å². The molecule has 0 radical (unpaired) electrons. The SMILES string of the molecule is CC(CS(C)(=O)=O)NCCCF. The highest BCUT2D eigenvalue weighted by Gasteiger charge is 2.08. The van der Waals surface area contributed by atoms with Crippen molar-refractivity contribution in [2.45, 2.75) is 19.4 Å². The Hall–Kier alpha value is -0.160. The molecular formula is C7H16FNO2S. The number of nitrogens with one attached hydrogen (secondary N) is 1. The van der Waals surface area contributed by atoms with Crippen LogP contribution < -0.4 is 5.32 Å². The molecule has 0 spiro atoms. The van der Waals surface area contributed by atoms with Gasteiger partial charge in [-0.1, -0.05) is 0 Å². The number of hydrogen-bond acceptors (Lipinski definition) is 3. The molecule has 0 aromatic carbocycles. The van der Waals surface area contributed by atoms with E-state index in [0.29, 0.717) is 13.0 Å². The van der Waals surface area contributed by atoms with Crippen LogP contribution in [0.4, 0.5) is 4.39 Å². The summed E-state index contributed by atoms with van der Waals surface area (Å²) < 4.78 is 33.1. The lowest BCUT2D eigenvalue weighted by atomic mass is 10.3. The van der Waals surface area contributed by atoms with Gasteiger partial charge >= 0.3 is 0 Å². The molecule has 1 N–H and O–H groups in total. The van der Waals surface area contributed by atoms with E-state index in [1.807, 2.05) is 0 Å². The van der Waals surface area contributed by atoms with Crippen LogP contribution in [0.15, 0.2) is 0 Å². The Kier molecular flexibility index (Phi) is 5.41. The minimum atomic E-state index is -2.92. The maximum atomic E-state index is 11.6. The van der Waals surface area contributed by atoms with E-state index in [1.165, 1.54) is 6.26 Å². The van der Waals surface area contributed by atoms with E-state index in [1.54, 1.807) is 6.92 Å². The summed E-state index contributed by atoms with van der Waals surface area (Å²) in [5.41, 5.74) is 0. The van der Waals surface area contributed by atoms with Crippen LogP contribution >= 0.6 is 0 Å². The van der Waals surface area contributed by atoms with E-state index in [-0.39, 0.29) is 18.5 Å². The first-order chi connectivity index (χ1) is 5.45. The summed E-state index contributed by atoms with van der Waals surface area (Å²) in [7, 11) is -2.92. The maximum absolute atomic E-state index is 11.6. The summed E-state index contributed by atoms with van der Waals surface area (Å²) in [4.78, 5) is 0. The Morgan fingerprint density at radius 1 is 1.50 bits per heavy atom. The van der Waals surface area contributed by atoms with Crippen molar-refractivity contribution in [3.05, 3.63) is 0 Å². The van der Waals surface area contributed by atoms with Gasteiger partial charge in [-0.15, -0.1) is 0 Å².